The summed E-state index contributed by atoms with van der Waals surface area (Å²) < 4.78 is 0. The van der Waals surface area contributed by atoms with Crippen molar-refractivity contribution in [2.24, 2.45) is 5.92 Å². The molecule has 0 N–H and O–H groups in total. The quantitative estimate of drug-likeness (QED) is 0.844. The fourth-order valence-electron chi connectivity index (χ4n) is 2.46. The predicted octanol–water partition coefficient (Wildman–Crippen LogP) is 3.35. The van der Waals surface area contributed by atoms with Crippen LogP contribution in [0.1, 0.15) is 25.8 Å². The van der Waals surface area contributed by atoms with Gasteiger partial charge in [-0.15, -0.1) is 0 Å². The number of likely N-dealkylation sites (tertiary alicyclic amines) is 1. The van der Waals surface area contributed by atoms with Crippen molar-refractivity contribution in [3.05, 3.63) is 34.9 Å². The number of thiol groups is 1. The lowest BCUT2D eigenvalue weighted by Gasteiger charge is -2.36. The molecule has 0 bridgehead atoms. The Morgan fingerprint density at radius 3 is 2.50 bits per heavy atom. The topological polar surface area (TPSA) is 20.3 Å². The highest BCUT2D eigenvalue weighted by molar-refractivity contribution is 7.80. The molecule has 2 rings (SSSR count). The number of hydrogen-bond acceptors (Lipinski definition) is 2. The van der Waals surface area contributed by atoms with Crippen molar-refractivity contribution in [2.75, 3.05) is 12.3 Å². The zero-order chi connectivity index (χ0) is 13.3. The second-order valence-electron chi connectivity index (χ2n) is 5.32. The number of hydrogen-bond donors (Lipinski definition) is 1. The number of amides is 1. The van der Waals surface area contributed by atoms with Gasteiger partial charge in [-0.2, -0.15) is 12.6 Å². The van der Waals surface area contributed by atoms with E-state index in [1.54, 1.807) is 0 Å². The van der Waals surface area contributed by atoms with Crippen molar-refractivity contribution in [2.45, 2.75) is 25.8 Å². The van der Waals surface area contributed by atoms with E-state index in [4.69, 9.17) is 11.6 Å². The fraction of sp³-hybridized carbons (Fsp3) is 0.500. The molecule has 1 heterocycles. The summed E-state index contributed by atoms with van der Waals surface area (Å²) in [5.41, 5.74) is 0.819. The van der Waals surface area contributed by atoms with E-state index in [0.29, 0.717) is 12.3 Å². The highest BCUT2D eigenvalue weighted by Crippen LogP contribution is 2.34. The van der Waals surface area contributed by atoms with Crippen molar-refractivity contribution in [1.82, 2.24) is 4.90 Å². The molecular formula is C14H18ClNOS. The zero-order valence-corrected chi connectivity index (χ0v) is 12.3. The SMILES string of the molecule is CC(C)(c1ccc(Cl)cc1)N1CC(CS)CC1=O. The molecule has 98 valence electrons. The molecule has 1 aromatic rings. The molecule has 1 saturated heterocycles. The summed E-state index contributed by atoms with van der Waals surface area (Å²) in [6, 6.07) is 7.72. The number of benzene rings is 1. The van der Waals surface area contributed by atoms with Gasteiger partial charge in [0.1, 0.15) is 0 Å². The number of halogens is 1. The summed E-state index contributed by atoms with van der Waals surface area (Å²) in [4.78, 5) is 14.1. The van der Waals surface area contributed by atoms with Crippen LogP contribution in [0.5, 0.6) is 0 Å². The molecule has 0 aromatic heterocycles. The highest BCUT2D eigenvalue weighted by Gasteiger charge is 2.39. The van der Waals surface area contributed by atoms with E-state index in [0.717, 1.165) is 22.9 Å². The smallest absolute Gasteiger partial charge is 0.223 e. The third-order valence-electron chi connectivity index (χ3n) is 3.69. The van der Waals surface area contributed by atoms with Gasteiger partial charge in [0.05, 0.1) is 5.54 Å². The maximum absolute atomic E-state index is 12.1. The molecule has 2 nitrogen and oxygen atoms in total. The van der Waals surface area contributed by atoms with Gasteiger partial charge >= 0.3 is 0 Å². The van der Waals surface area contributed by atoms with Crippen molar-refractivity contribution in [3.8, 4) is 0 Å². The second-order valence-corrected chi connectivity index (χ2v) is 6.12. The third kappa shape index (κ3) is 2.52. The molecular weight excluding hydrogens is 266 g/mol. The van der Waals surface area contributed by atoms with Gasteiger partial charge in [0.15, 0.2) is 0 Å². The maximum atomic E-state index is 12.1. The van der Waals surface area contributed by atoms with Crippen LogP contribution in [0.25, 0.3) is 0 Å². The van der Waals surface area contributed by atoms with Crippen molar-refractivity contribution in [1.29, 1.82) is 0 Å². The second kappa shape index (κ2) is 5.14. The largest absolute Gasteiger partial charge is 0.333 e. The molecule has 1 aliphatic heterocycles. The van der Waals surface area contributed by atoms with Crippen LogP contribution in [0.2, 0.25) is 5.02 Å². The average Bonchev–Trinajstić information content (AvgIpc) is 2.72. The van der Waals surface area contributed by atoms with E-state index < -0.39 is 0 Å². The number of nitrogens with zero attached hydrogens (tertiary/aromatic N) is 1. The van der Waals surface area contributed by atoms with E-state index >= 15 is 0 Å². The van der Waals surface area contributed by atoms with Crippen molar-refractivity contribution in [3.63, 3.8) is 0 Å². The van der Waals surface area contributed by atoms with E-state index in [1.165, 1.54) is 0 Å². The third-order valence-corrected chi connectivity index (χ3v) is 4.46. The van der Waals surface area contributed by atoms with E-state index in [-0.39, 0.29) is 11.4 Å². The molecule has 0 aliphatic carbocycles. The Balaban J connectivity index is 2.25. The molecule has 1 atom stereocenters. The van der Waals surface area contributed by atoms with Crippen LogP contribution in [0.4, 0.5) is 0 Å². The first kappa shape index (κ1) is 13.8. The van der Waals surface area contributed by atoms with Crippen LogP contribution in [-0.4, -0.2) is 23.1 Å². The minimum Gasteiger partial charge on any atom is -0.333 e. The Hall–Kier alpha value is -0.670. The van der Waals surface area contributed by atoms with Gasteiger partial charge in [0.25, 0.3) is 0 Å². The minimum absolute atomic E-state index is 0.217. The molecule has 0 radical (unpaired) electrons. The van der Waals surface area contributed by atoms with E-state index in [9.17, 15) is 4.79 Å². The first-order chi connectivity index (χ1) is 8.45. The first-order valence-corrected chi connectivity index (χ1v) is 7.13. The van der Waals surface area contributed by atoms with Gasteiger partial charge in [0, 0.05) is 18.0 Å². The van der Waals surface area contributed by atoms with Gasteiger partial charge in [-0.05, 0) is 43.2 Å². The lowest BCUT2D eigenvalue weighted by molar-refractivity contribution is -0.132. The minimum atomic E-state index is -0.292. The first-order valence-electron chi connectivity index (χ1n) is 6.12. The number of carbonyl (C=O) groups excluding carboxylic acids is 1. The maximum Gasteiger partial charge on any atom is 0.223 e. The monoisotopic (exact) mass is 283 g/mol. The molecule has 1 fully saturated rings. The standard InChI is InChI=1S/C14H18ClNOS/c1-14(2,11-3-5-12(15)6-4-11)16-8-10(9-18)7-13(16)17/h3-6,10,18H,7-9H2,1-2H3. The molecule has 1 unspecified atom stereocenters. The van der Waals surface area contributed by atoms with Gasteiger partial charge in [-0.1, -0.05) is 23.7 Å². The summed E-state index contributed by atoms with van der Waals surface area (Å²) in [7, 11) is 0. The summed E-state index contributed by atoms with van der Waals surface area (Å²) in [6.07, 6.45) is 0.612. The van der Waals surface area contributed by atoms with Crippen LogP contribution in [0.15, 0.2) is 24.3 Å². The van der Waals surface area contributed by atoms with Crippen LogP contribution in [0, 0.1) is 5.92 Å². The van der Waals surface area contributed by atoms with Gasteiger partial charge in [-0.3, -0.25) is 4.79 Å². The Kier molecular flexibility index (Phi) is 3.93. The molecule has 4 heteroatoms. The Bertz CT molecular complexity index is 444. The normalized spacial score (nSPS) is 20.6. The number of rotatable bonds is 3. The summed E-state index contributed by atoms with van der Waals surface area (Å²) in [5.74, 6) is 1.35. The summed E-state index contributed by atoms with van der Waals surface area (Å²) in [6.45, 7) is 4.95. The Labute approximate surface area is 119 Å². The van der Waals surface area contributed by atoms with Crippen LogP contribution < -0.4 is 0 Å². The Morgan fingerprint density at radius 1 is 1.39 bits per heavy atom. The summed E-state index contributed by atoms with van der Waals surface area (Å²) >= 11 is 10.2. The molecule has 1 aromatic carbocycles. The highest BCUT2D eigenvalue weighted by atomic mass is 35.5. The average molecular weight is 284 g/mol. The van der Waals surface area contributed by atoms with Gasteiger partial charge in [-0.25, -0.2) is 0 Å². The lowest BCUT2D eigenvalue weighted by atomic mass is 9.92. The fourth-order valence-corrected chi connectivity index (χ4v) is 2.83. The molecule has 18 heavy (non-hydrogen) atoms. The van der Waals surface area contributed by atoms with Gasteiger partial charge < -0.3 is 4.90 Å². The van der Waals surface area contributed by atoms with Crippen LogP contribution in [0.3, 0.4) is 0 Å². The lowest BCUT2D eigenvalue weighted by Crippen LogP contribution is -2.42. The predicted molar refractivity (Wildman–Crippen MR) is 78.2 cm³/mol. The molecule has 0 saturated carbocycles. The molecule has 1 aliphatic rings. The van der Waals surface area contributed by atoms with E-state index in [2.05, 4.69) is 26.5 Å². The Morgan fingerprint density at radius 2 is 2.00 bits per heavy atom. The molecule has 0 spiro atoms. The van der Waals surface area contributed by atoms with Crippen molar-refractivity contribution < 1.29 is 4.79 Å². The van der Waals surface area contributed by atoms with Crippen LogP contribution >= 0.6 is 24.2 Å². The summed E-state index contributed by atoms with van der Waals surface area (Å²) in [5, 5.41) is 0.718. The van der Waals surface area contributed by atoms with Crippen molar-refractivity contribution >= 4 is 30.1 Å². The van der Waals surface area contributed by atoms with E-state index in [1.807, 2.05) is 29.2 Å². The number of carbonyl (C=O) groups is 1. The molecule has 1 amide bonds. The zero-order valence-electron chi connectivity index (χ0n) is 10.7. The van der Waals surface area contributed by atoms with Crippen LogP contribution in [-0.2, 0) is 10.3 Å². The van der Waals surface area contributed by atoms with Gasteiger partial charge in [0.2, 0.25) is 5.91 Å².